The molecule has 0 radical (unpaired) electrons. The van der Waals surface area contributed by atoms with E-state index >= 15 is 0 Å². The molecule has 1 N–H and O–H groups in total. The minimum absolute atomic E-state index is 0.364. The van der Waals surface area contributed by atoms with Crippen molar-refractivity contribution in [1.29, 1.82) is 0 Å². The summed E-state index contributed by atoms with van der Waals surface area (Å²) in [5.41, 5.74) is 0. The second-order valence-electron chi connectivity index (χ2n) is 5.35. The van der Waals surface area contributed by atoms with Crippen LogP contribution in [-0.2, 0) is 0 Å². The van der Waals surface area contributed by atoms with Gasteiger partial charge in [-0.15, -0.1) is 0 Å². The van der Waals surface area contributed by atoms with Gasteiger partial charge >= 0.3 is 6.01 Å². The highest BCUT2D eigenvalue weighted by atomic mass is 16.5. The molecule has 0 spiro atoms. The van der Waals surface area contributed by atoms with Gasteiger partial charge in [-0.25, -0.2) is 0 Å². The molecule has 7 heteroatoms. The first kappa shape index (κ1) is 15.8. The Kier molecular flexibility index (Phi) is 5.55. The summed E-state index contributed by atoms with van der Waals surface area (Å²) < 4.78 is 5.21. The highest BCUT2D eigenvalue weighted by molar-refractivity contribution is 5.39. The standard InChI is InChI=1S/C14H26N6O/c1-5-11-10-19(3)8-7-9-20(11)13-16-12(15-6-2)17-14(18-13)21-4/h11H,5-10H2,1-4H3,(H,15,16,17,18). The number of methoxy groups -OCH3 is 1. The van der Waals surface area contributed by atoms with Gasteiger partial charge in [0.1, 0.15) is 0 Å². The molecule has 21 heavy (non-hydrogen) atoms. The number of ether oxygens (including phenoxy) is 1. The van der Waals surface area contributed by atoms with Crippen LogP contribution in [0.25, 0.3) is 0 Å². The van der Waals surface area contributed by atoms with E-state index in [2.05, 4.69) is 44.0 Å². The van der Waals surface area contributed by atoms with E-state index in [1.807, 2.05) is 6.92 Å². The number of anilines is 2. The second-order valence-corrected chi connectivity index (χ2v) is 5.35. The Balaban J connectivity index is 2.30. The fourth-order valence-corrected chi connectivity index (χ4v) is 2.66. The molecule has 0 aromatic carbocycles. The molecule has 1 aliphatic rings. The Hall–Kier alpha value is -1.63. The summed E-state index contributed by atoms with van der Waals surface area (Å²) in [6.07, 6.45) is 2.17. The largest absolute Gasteiger partial charge is 0.467 e. The first-order chi connectivity index (χ1) is 10.2. The van der Waals surface area contributed by atoms with E-state index in [1.54, 1.807) is 7.11 Å². The van der Waals surface area contributed by atoms with E-state index in [0.717, 1.165) is 39.0 Å². The van der Waals surface area contributed by atoms with Crippen LogP contribution in [0.3, 0.4) is 0 Å². The van der Waals surface area contributed by atoms with Crippen LogP contribution in [0, 0.1) is 0 Å². The molecule has 2 heterocycles. The minimum atomic E-state index is 0.364. The zero-order valence-corrected chi connectivity index (χ0v) is 13.5. The summed E-state index contributed by atoms with van der Waals surface area (Å²) >= 11 is 0. The van der Waals surface area contributed by atoms with Gasteiger partial charge in [-0.2, -0.15) is 15.0 Å². The Morgan fingerprint density at radius 1 is 1.24 bits per heavy atom. The lowest BCUT2D eigenvalue weighted by Crippen LogP contribution is -2.41. The van der Waals surface area contributed by atoms with Crippen molar-refractivity contribution in [2.24, 2.45) is 0 Å². The van der Waals surface area contributed by atoms with Crippen molar-refractivity contribution in [3.05, 3.63) is 0 Å². The number of aromatic nitrogens is 3. The summed E-state index contributed by atoms with van der Waals surface area (Å²) in [7, 11) is 3.76. The lowest BCUT2D eigenvalue weighted by atomic mass is 10.2. The third-order valence-electron chi connectivity index (χ3n) is 3.75. The van der Waals surface area contributed by atoms with Gasteiger partial charge < -0.3 is 19.9 Å². The van der Waals surface area contributed by atoms with Gasteiger partial charge in [-0.1, -0.05) is 6.92 Å². The molecule has 0 amide bonds. The van der Waals surface area contributed by atoms with Crippen LogP contribution >= 0.6 is 0 Å². The average molecular weight is 294 g/mol. The molecule has 1 atom stereocenters. The molecule has 1 saturated heterocycles. The van der Waals surface area contributed by atoms with Crippen molar-refractivity contribution < 1.29 is 4.74 Å². The number of nitrogens with zero attached hydrogens (tertiary/aromatic N) is 5. The van der Waals surface area contributed by atoms with Crippen LogP contribution in [0.15, 0.2) is 0 Å². The summed E-state index contributed by atoms with van der Waals surface area (Å²) in [5, 5.41) is 3.14. The fraction of sp³-hybridized carbons (Fsp3) is 0.786. The lowest BCUT2D eigenvalue weighted by Gasteiger charge is -2.30. The molecule has 1 fully saturated rings. The second kappa shape index (κ2) is 7.40. The quantitative estimate of drug-likeness (QED) is 0.876. The molecular weight excluding hydrogens is 268 g/mol. The third kappa shape index (κ3) is 3.93. The number of rotatable bonds is 5. The molecule has 0 bridgehead atoms. The molecular formula is C14H26N6O. The van der Waals surface area contributed by atoms with E-state index in [0.29, 0.717) is 23.9 Å². The summed E-state index contributed by atoms with van der Waals surface area (Å²) in [6, 6.07) is 0.780. The van der Waals surface area contributed by atoms with Gasteiger partial charge in [-0.3, -0.25) is 0 Å². The lowest BCUT2D eigenvalue weighted by molar-refractivity contribution is 0.327. The maximum atomic E-state index is 5.21. The third-order valence-corrected chi connectivity index (χ3v) is 3.75. The van der Waals surface area contributed by atoms with E-state index in [4.69, 9.17) is 4.74 Å². The Bertz CT molecular complexity index is 455. The normalized spacial score (nSPS) is 20.2. The fourth-order valence-electron chi connectivity index (χ4n) is 2.66. The molecule has 118 valence electrons. The van der Waals surface area contributed by atoms with Crippen LogP contribution in [0.5, 0.6) is 6.01 Å². The van der Waals surface area contributed by atoms with Crippen molar-refractivity contribution in [2.45, 2.75) is 32.7 Å². The smallest absolute Gasteiger partial charge is 0.322 e. The Morgan fingerprint density at radius 3 is 2.71 bits per heavy atom. The first-order valence-electron chi connectivity index (χ1n) is 7.67. The van der Waals surface area contributed by atoms with Gasteiger partial charge in [0.2, 0.25) is 11.9 Å². The van der Waals surface area contributed by atoms with E-state index in [1.165, 1.54) is 0 Å². The van der Waals surface area contributed by atoms with Crippen molar-refractivity contribution >= 4 is 11.9 Å². The van der Waals surface area contributed by atoms with Gasteiger partial charge in [0, 0.05) is 25.7 Å². The van der Waals surface area contributed by atoms with Crippen molar-refractivity contribution in [2.75, 3.05) is 50.6 Å². The van der Waals surface area contributed by atoms with Gasteiger partial charge in [0.25, 0.3) is 0 Å². The van der Waals surface area contributed by atoms with Crippen molar-refractivity contribution in [1.82, 2.24) is 19.9 Å². The summed E-state index contributed by atoms with van der Waals surface area (Å²) in [5.74, 6) is 1.28. The zero-order chi connectivity index (χ0) is 15.2. The van der Waals surface area contributed by atoms with Gasteiger partial charge in [-0.05, 0) is 33.4 Å². The van der Waals surface area contributed by atoms with E-state index in [-0.39, 0.29) is 0 Å². The Labute approximate surface area is 126 Å². The number of hydrogen-bond acceptors (Lipinski definition) is 7. The van der Waals surface area contributed by atoms with E-state index in [9.17, 15) is 0 Å². The van der Waals surface area contributed by atoms with Crippen LogP contribution in [0.1, 0.15) is 26.7 Å². The average Bonchev–Trinajstić information content (AvgIpc) is 2.68. The molecule has 0 aliphatic carbocycles. The predicted molar refractivity (Wildman–Crippen MR) is 84.1 cm³/mol. The maximum absolute atomic E-state index is 5.21. The highest BCUT2D eigenvalue weighted by Gasteiger charge is 2.25. The number of nitrogens with one attached hydrogen (secondary N) is 1. The molecule has 1 unspecified atom stereocenters. The SMILES string of the molecule is CCNc1nc(OC)nc(N2CCCN(C)CC2CC)n1. The Morgan fingerprint density at radius 2 is 2.05 bits per heavy atom. The summed E-state index contributed by atoms with van der Waals surface area (Å²) in [4.78, 5) is 17.9. The van der Waals surface area contributed by atoms with Crippen LogP contribution in [0.4, 0.5) is 11.9 Å². The van der Waals surface area contributed by atoms with Crippen LogP contribution < -0.4 is 15.0 Å². The monoisotopic (exact) mass is 294 g/mol. The molecule has 1 aromatic heterocycles. The van der Waals surface area contributed by atoms with Gasteiger partial charge in [0.05, 0.1) is 7.11 Å². The number of hydrogen-bond donors (Lipinski definition) is 1. The minimum Gasteiger partial charge on any atom is -0.467 e. The highest BCUT2D eigenvalue weighted by Crippen LogP contribution is 2.21. The topological polar surface area (TPSA) is 66.4 Å². The predicted octanol–water partition coefficient (Wildman–Crippen LogP) is 1.23. The molecule has 1 aliphatic heterocycles. The molecule has 0 saturated carbocycles. The zero-order valence-electron chi connectivity index (χ0n) is 13.5. The van der Waals surface area contributed by atoms with Gasteiger partial charge in [0.15, 0.2) is 0 Å². The first-order valence-corrected chi connectivity index (χ1v) is 7.67. The van der Waals surface area contributed by atoms with Crippen LogP contribution in [0.2, 0.25) is 0 Å². The van der Waals surface area contributed by atoms with Crippen molar-refractivity contribution in [3.8, 4) is 6.01 Å². The number of likely N-dealkylation sites (N-methyl/N-ethyl adjacent to an activating group) is 1. The summed E-state index contributed by atoms with van der Waals surface area (Å²) in [6.45, 7) is 8.09. The molecule has 1 aromatic rings. The van der Waals surface area contributed by atoms with Crippen molar-refractivity contribution in [3.63, 3.8) is 0 Å². The van der Waals surface area contributed by atoms with Crippen LogP contribution in [-0.4, -0.2) is 66.2 Å². The van der Waals surface area contributed by atoms with E-state index < -0.39 is 0 Å². The molecule has 2 rings (SSSR count). The molecule has 7 nitrogen and oxygen atoms in total. The maximum Gasteiger partial charge on any atom is 0.322 e.